The highest BCUT2D eigenvalue weighted by Crippen LogP contribution is 2.17. The van der Waals surface area contributed by atoms with Crippen LogP contribution in [0.15, 0.2) is 0 Å². The lowest BCUT2D eigenvalue weighted by Crippen LogP contribution is -2.46. The molecule has 0 amide bonds. The van der Waals surface area contributed by atoms with E-state index in [0.29, 0.717) is 0 Å². The first-order valence-electron chi connectivity index (χ1n) is 5.00. The quantitative estimate of drug-likeness (QED) is 0.667. The Morgan fingerprint density at radius 3 is 2.23 bits per heavy atom. The van der Waals surface area contributed by atoms with Gasteiger partial charge >= 0.3 is 0 Å². The summed E-state index contributed by atoms with van der Waals surface area (Å²) in [7, 11) is 0. The standard InChI is InChI=1S/C10H24N2O/c1-5-12(6-7-13)8-9(11)10(2,3)4/h9,13H,5-8,11H2,1-4H3/t9-/m1/s1. The van der Waals surface area contributed by atoms with Gasteiger partial charge in [0.05, 0.1) is 6.61 Å². The molecule has 80 valence electrons. The van der Waals surface area contributed by atoms with E-state index in [1.54, 1.807) is 0 Å². The zero-order valence-corrected chi connectivity index (χ0v) is 9.38. The molecule has 0 saturated carbocycles. The second kappa shape index (κ2) is 5.58. The van der Waals surface area contributed by atoms with Crippen LogP contribution in [-0.4, -0.2) is 42.3 Å². The molecule has 0 saturated heterocycles. The molecule has 3 heteroatoms. The van der Waals surface area contributed by atoms with Crippen molar-refractivity contribution in [3.63, 3.8) is 0 Å². The van der Waals surface area contributed by atoms with Crippen LogP contribution in [0.25, 0.3) is 0 Å². The highest BCUT2D eigenvalue weighted by Gasteiger charge is 2.22. The molecule has 1 atom stereocenters. The highest BCUT2D eigenvalue weighted by molar-refractivity contribution is 4.79. The van der Waals surface area contributed by atoms with Crippen LogP contribution in [-0.2, 0) is 0 Å². The summed E-state index contributed by atoms with van der Waals surface area (Å²) in [5, 5.41) is 8.80. The molecule has 0 fully saturated rings. The first kappa shape index (κ1) is 12.9. The number of likely N-dealkylation sites (N-methyl/N-ethyl adjacent to an activating group) is 1. The fraction of sp³-hybridized carbons (Fsp3) is 1.00. The van der Waals surface area contributed by atoms with Crippen LogP contribution in [0.3, 0.4) is 0 Å². The van der Waals surface area contributed by atoms with Crippen molar-refractivity contribution in [2.24, 2.45) is 11.1 Å². The molecule has 0 spiro atoms. The molecule has 0 heterocycles. The largest absolute Gasteiger partial charge is 0.395 e. The average molecular weight is 188 g/mol. The van der Waals surface area contributed by atoms with Gasteiger partial charge < -0.3 is 10.8 Å². The van der Waals surface area contributed by atoms with Crippen molar-refractivity contribution in [1.82, 2.24) is 4.90 Å². The molecule has 0 aromatic carbocycles. The van der Waals surface area contributed by atoms with Gasteiger partial charge in [0.25, 0.3) is 0 Å². The predicted molar refractivity (Wildman–Crippen MR) is 56.6 cm³/mol. The minimum Gasteiger partial charge on any atom is -0.395 e. The van der Waals surface area contributed by atoms with E-state index in [1.165, 1.54) is 0 Å². The molecule has 0 aromatic rings. The fourth-order valence-electron chi connectivity index (χ4n) is 1.07. The lowest BCUT2D eigenvalue weighted by molar-refractivity contribution is 0.167. The lowest BCUT2D eigenvalue weighted by Gasteiger charge is -2.32. The second-order valence-corrected chi connectivity index (χ2v) is 4.59. The Morgan fingerprint density at radius 1 is 1.38 bits per heavy atom. The van der Waals surface area contributed by atoms with Gasteiger partial charge in [-0.3, -0.25) is 4.90 Å². The van der Waals surface area contributed by atoms with Crippen LogP contribution in [0.2, 0.25) is 0 Å². The van der Waals surface area contributed by atoms with Crippen molar-refractivity contribution in [3.05, 3.63) is 0 Å². The maximum atomic E-state index is 8.80. The summed E-state index contributed by atoms with van der Waals surface area (Å²) in [5.74, 6) is 0. The van der Waals surface area contributed by atoms with Crippen molar-refractivity contribution in [1.29, 1.82) is 0 Å². The second-order valence-electron chi connectivity index (χ2n) is 4.59. The zero-order chi connectivity index (χ0) is 10.5. The molecule has 3 nitrogen and oxygen atoms in total. The van der Waals surface area contributed by atoms with Crippen molar-refractivity contribution in [2.75, 3.05) is 26.2 Å². The van der Waals surface area contributed by atoms with E-state index in [2.05, 4.69) is 32.6 Å². The van der Waals surface area contributed by atoms with Crippen molar-refractivity contribution >= 4 is 0 Å². The van der Waals surface area contributed by atoms with Gasteiger partial charge in [0.15, 0.2) is 0 Å². The molecule has 0 bridgehead atoms. The third kappa shape index (κ3) is 5.24. The Labute approximate surface area is 81.9 Å². The van der Waals surface area contributed by atoms with Crippen LogP contribution in [0.4, 0.5) is 0 Å². The molecule has 0 unspecified atom stereocenters. The molecule has 0 aliphatic carbocycles. The maximum absolute atomic E-state index is 8.80. The van der Waals surface area contributed by atoms with E-state index in [0.717, 1.165) is 19.6 Å². The zero-order valence-electron chi connectivity index (χ0n) is 9.38. The summed E-state index contributed by atoms with van der Waals surface area (Å²) < 4.78 is 0. The average Bonchev–Trinajstić information content (AvgIpc) is 2.01. The van der Waals surface area contributed by atoms with Gasteiger partial charge in [-0.15, -0.1) is 0 Å². The van der Waals surface area contributed by atoms with E-state index in [1.807, 2.05) is 0 Å². The van der Waals surface area contributed by atoms with Gasteiger partial charge in [-0.25, -0.2) is 0 Å². The van der Waals surface area contributed by atoms with Crippen LogP contribution >= 0.6 is 0 Å². The molecular formula is C10H24N2O. The topological polar surface area (TPSA) is 49.5 Å². The van der Waals surface area contributed by atoms with Gasteiger partial charge in [0, 0.05) is 19.1 Å². The number of hydrogen-bond acceptors (Lipinski definition) is 3. The minimum atomic E-state index is 0.142. The summed E-state index contributed by atoms with van der Waals surface area (Å²) in [4.78, 5) is 2.18. The molecule has 3 N–H and O–H groups in total. The fourth-order valence-corrected chi connectivity index (χ4v) is 1.07. The Kier molecular flexibility index (Phi) is 5.53. The van der Waals surface area contributed by atoms with Crippen molar-refractivity contribution in [2.45, 2.75) is 33.7 Å². The lowest BCUT2D eigenvalue weighted by atomic mass is 9.87. The van der Waals surface area contributed by atoms with Gasteiger partial charge in [0.1, 0.15) is 0 Å². The molecule has 0 aliphatic rings. The van der Waals surface area contributed by atoms with E-state index in [4.69, 9.17) is 10.8 Å². The summed E-state index contributed by atoms with van der Waals surface area (Å²) in [6.45, 7) is 11.3. The van der Waals surface area contributed by atoms with E-state index in [9.17, 15) is 0 Å². The molecule has 0 rings (SSSR count). The number of rotatable bonds is 5. The first-order chi connectivity index (χ1) is 5.91. The Hall–Kier alpha value is -0.120. The van der Waals surface area contributed by atoms with Crippen LogP contribution in [0.1, 0.15) is 27.7 Å². The first-order valence-corrected chi connectivity index (χ1v) is 5.00. The van der Waals surface area contributed by atoms with Gasteiger partial charge in [0.2, 0.25) is 0 Å². The van der Waals surface area contributed by atoms with E-state index >= 15 is 0 Å². The van der Waals surface area contributed by atoms with Crippen LogP contribution < -0.4 is 5.73 Å². The summed E-state index contributed by atoms with van der Waals surface area (Å²) in [6, 6.07) is 0.166. The summed E-state index contributed by atoms with van der Waals surface area (Å²) in [6.07, 6.45) is 0. The maximum Gasteiger partial charge on any atom is 0.0558 e. The number of hydrogen-bond donors (Lipinski definition) is 2. The molecule has 0 aliphatic heterocycles. The SMILES string of the molecule is CCN(CCO)C[C@@H](N)C(C)(C)C. The van der Waals surface area contributed by atoms with Crippen molar-refractivity contribution in [3.8, 4) is 0 Å². The van der Waals surface area contributed by atoms with Gasteiger partial charge in [-0.05, 0) is 12.0 Å². The van der Waals surface area contributed by atoms with Crippen molar-refractivity contribution < 1.29 is 5.11 Å². The van der Waals surface area contributed by atoms with E-state index in [-0.39, 0.29) is 18.1 Å². The highest BCUT2D eigenvalue weighted by atomic mass is 16.3. The Bertz CT molecular complexity index is 131. The summed E-state index contributed by atoms with van der Waals surface area (Å²) in [5.41, 5.74) is 6.18. The molecular weight excluding hydrogens is 164 g/mol. The van der Waals surface area contributed by atoms with Gasteiger partial charge in [-0.2, -0.15) is 0 Å². The van der Waals surface area contributed by atoms with Gasteiger partial charge in [-0.1, -0.05) is 27.7 Å². The number of nitrogens with two attached hydrogens (primary N) is 1. The molecule has 13 heavy (non-hydrogen) atoms. The number of nitrogens with zero attached hydrogens (tertiary/aromatic N) is 1. The Morgan fingerprint density at radius 2 is 1.92 bits per heavy atom. The number of aliphatic hydroxyl groups excluding tert-OH is 1. The smallest absolute Gasteiger partial charge is 0.0558 e. The third-order valence-electron chi connectivity index (χ3n) is 2.43. The van der Waals surface area contributed by atoms with E-state index < -0.39 is 0 Å². The summed E-state index contributed by atoms with van der Waals surface area (Å²) >= 11 is 0. The van der Waals surface area contributed by atoms with Crippen LogP contribution in [0.5, 0.6) is 0 Å². The predicted octanol–water partition coefficient (Wildman–Crippen LogP) is 0.674. The third-order valence-corrected chi connectivity index (χ3v) is 2.43. The monoisotopic (exact) mass is 188 g/mol. The molecule has 0 aromatic heterocycles. The Balaban J connectivity index is 3.93. The number of aliphatic hydroxyl groups is 1. The minimum absolute atomic E-state index is 0.142. The van der Waals surface area contributed by atoms with Crippen LogP contribution in [0, 0.1) is 5.41 Å². The molecule has 0 radical (unpaired) electrons. The normalized spacial score (nSPS) is 15.0.